The van der Waals surface area contributed by atoms with E-state index < -0.39 is 10.0 Å². The molecule has 1 aliphatic carbocycles. The Balaban J connectivity index is 2.04. The Bertz CT molecular complexity index is 513. The van der Waals surface area contributed by atoms with Gasteiger partial charge in [0.2, 0.25) is 10.0 Å². The van der Waals surface area contributed by atoms with Crippen molar-refractivity contribution < 1.29 is 8.42 Å². The lowest BCUT2D eigenvalue weighted by Crippen LogP contribution is -2.38. The minimum absolute atomic E-state index is 0.0485. The summed E-state index contributed by atoms with van der Waals surface area (Å²) in [5.41, 5.74) is 6.21. The van der Waals surface area contributed by atoms with Gasteiger partial charge in [0.25, 0.3) is 0 Å². The molecule has 0 bridgehead atoms. The van der Waals surface area contributed by atoms with E-state index in [1.54, 1.807) is 6.07 Å². The van der Waals surface area contributed by atoms with Crippen molar-refractivity contribution >= 4 is 21.8 Å². The summed E-state index contributed by atoms with van der Waals surface area (Å²) in [6, 6.07) is 1.64. The number of nitrogens with one attached hydrogen (secondary N) is 2. The minimum atomic E-state index is -3.43. The van der Waals surface area contributed by atoms with Crippen molar-refractivity contribution in [2.24, 2.45) is 5.73 Å². The fourth-order valence-corrected chi connectivity index (χ4v) is 4.57. The summed E-state index contributed by atoms with van der Waals surface area (Å²) < 4.78 is 27.3. The summed E-state index contributed by atoms with van der Waals surface area (Å²) in [5.74, 6) is 0. The second-order valence-electron chi connectivity index (χ2n) is 4.91. The third kappa shape index (κ3) is 3.75. The number of H-pyrrole nitrogens is 1. The van der Waals surface area contributed by atoms with Gasteiger partial charge >= 0.3 is 0 Å². The SMILES string of the molecule is CSC1CCCC(NS(=O)(=O)c2c[nH]c(CN)c2)C1. The zero-order chi connectivity index (χ0) is 13.9. The molecule has 2 atom stereocenters. The lowest BCUT2D eigenvalue weighted by atomic mass is 9.96. The zero-order valence-corrected chi connectivity index (χ0v) is 12.7. The maximum Gasteiger partial charge on any atom is 0.242 e. The van der Waals surface area contributed by atoms with Crippen molar-refractivity contribution in [2.45, 2.75) is 48.4 Å². The molecule has 5 nitrogen and oxygen atoms in total. The monoisotopic (exact) mass is 303 g/mol. The van der Waals surface area contributed by atoms with Crippen molar-refractivity contribution in [3.8, 4) is 0 Å². The van der Waals surface area contributed by atoms with E-state index in [1.165, 1.54) is 12.6 Å². The lowest BCUT2D eigenvalue weighted by molar-refractivity contribution is 0.421. The first kappa shape index (κ1) is 14.9. The standard InChI is InChI=1S/C12H21N3O2S2/c1-18-11-4-2-3-9(5-11)15-19(16,17)12-6-10(7-13)14-8-12/h6,8-9,11,14-15H,2-5,7,13H2,1H3. The number of thioether (sulfide) groups is 1. The number of aromatic amines is 1. The average Bonchev–Trinajstić information content (AvgIpc) is 2.88. The highest BCUT2D eigenvalue weighted by Crippen LogP contribution is 2.27. The third-order valence-electron chi connectivity index (χ3n) is 3.53. The molecular formula is C12H21N3O2S2. The van der Waals surface area contributed by atoms with E-state index in [0.29, 0.717) is 11.8 Å². The summed E-state index contributed by atoms with van der Waals surface area (Å²) in [6.07, 6.45) is 7.68. The molecule has 0 amide bonds. The summed E-state index contributed by atoms with van der Waals surface area (Å²) >= 11 is 1.82. The molecule has 2 unspecified atom stereocenters. The van der Waals surface area contributed by atoms with Gasteiger partial charge in [-0.05, 0) is 31.6 Å². The smallest absolute Gasteiger partial charge is 0.242 e. The van der Waals surface area contributed by atoms with E-state index in [9.17, 15) is 8.42 Å². The van der Waals surface area contributed by atoms with Crippen LogP contribution in [0.2, 0.25) is 0 Å². The van der Waals surface area contributed by atoms with Gasteiger partial charge in [0, 0.05) is 29.7 Å². The molecule has 108 valence electrons. The molecule has 1 aromatic rings. The van der Waals surface area contributed by atoms with Crippen molar-refractivity contribution in [1.82, 2.24) is 9.71 Å². The Morgan fingerprint density at radius 1 is 1.53 bits per heavy atom. The van der Waals surface area contributed by atoms with Crippen LogP contribution < -0.4 is 10.5 Å². The van der Waals surface area contributed by atoms with Crippen LogP contribution in [-0.4, -0.2) is 30.9 Å². The summed E-state index contributed by atoms with van der Waals surface area (Å²) in [4.78, 5) is 3.15. The van der Waals surface area contributed by atoms with E-state index in [0.717, 1.165) is 25.0 Å². The van der Waals surface area contributed by atoms with Crippen LogP contribution >= 0.6 is 11.8 Å². The predicted molar refractivity (Wildman–Crippen MR) is 78.6 cm³/mol. The highest BCUT2D eigenvalue weighted by molar-refractivity contribution is 7.99. The van der Waals surface area contributed by atoms with Gasteiger partial charge in [-0.15, -0.1) is 0 Å². The third-order valence-corrected chi connectivity index (χ3v) is 6.12. The Morgan fingerprint density at radius 2 is 2.32 bits per heavy atom. The molecule has 0 aromatic carbocycles. The molecule has 19 heavy (non-hydrogen) atoms. The van der Waals surface area contributed by atoms with Crippen LogP contribution in [0.3, 0.4) is 0 Å². The Kier molecular flexibility index (Phi) is 4.94. The van der Waals surface area contributed by atoms with Crippen LogP contribution in [0.4, 0.5) is 0 Å². The van der Waals surface area contributed by atoms with Crippen molar-refractivity contribution in [3.63, 3.8) is 0 Å². The predicted octanol–water partition coefficient (Wildman–Crippen LogP) is 1.43. The van der Waals surface area contributed by atoms with E-state index >= 15 is 0 Å². The highest BCUT2D eigenvalue weighted by Gasteiger charge is 2.26. The van der Waals surface area contributed by atoms with Crippen LogP contribution in [0.1, 0.15) is 31.4 Å². The van der Waals surface area contributed by atoms with Crippen LogP contribution in [-0.2, 0) is 16.6 Å². The fourth-order valence-electron chi connectivity index (χ4n) is 2.45. The first-order valence-corrected chi connectivity index (χ1v) is 9.24. The highest BCUT2D eigenvalue weighted by atomic mass is 32.2. The zero-order valence-electron chi connectivity index (χ0n) is 11.1. The topological polar surface area (TPSA) is 88.0 Å². The first-order chi connectivity index (χ1) is 9.05. The van der Waals surface area contributed by atoms with Crippen molar-refractivity contribution in [2.75, 3.05) is 6.26 Å². The summed E-state index contributed by atoms with van der Waals surface area (Å²) in [7, 11) is -3.43. The fraction of sp³-hybridized carbons (Fsp3) is 0.667. The Morgan fingerprint density at radius 3 is 2.95 bits per heavy atom. The molecule has 7 heteroatoms. The van der Waals surface area contributed by atoms with Gasteiger partial charge in [-0.1, -0.05) is 6.42 Å². The largest absolute Gasteiger partial charge is 0.363 e. The maximum absolute atomic E-state index is 12.2. The summed E-state index contributed by atoms with van der Waals surface area (Å²) in [5, 5.41) is 0.562. The first-order valence-electron chi connectivity index (χ1n) is 6.47. The van der Waals surface area contributed by atoms with Crippen LogP contribution in [0.5, 0.6) is 0 Å². The number of hydrogen-bond acceptors (Lipinski definition) is 4. The molecule has 0 spiro atoms. The normalized spacial score (nSPS) is 24.5. The second-order valence-corrected chi connectivity index (χ2v) is 7.76. The van der Waals surface area contributed by atoms with Crippen molar-refractivity contribution in [3.05, 3.63) is 18.0 Å². The Hall–Kier alpha value is -0.500. The van der Waals surface area contributed by atoms with Gasteiger partial charge in [0.05, 0.1) is 4.90 Å². The molecule has 0 saturated heterocycles. The van der Waals surface area contributed by atoms with Gasteiger partial charge in [-0.25, -0.2) is 13.1 Å². The van der Waals surface area contributed by atoms with E-state index in [4.69, 9.17) is 5.73 Å². The van der Waals surface area contributed by atoms with Gasteiger partial charge in [0.1, 0.15) is 0 Å². The van der Waals surface area contributed by atoms with E-state index in [-0.39, 0.29) is 10.9 Å². The molecular weight excluding hydrogens is 282 g/mol. The number of nitrogens with two attached hydrogens (primary N) is 1. The molecule has 1 saturated carbocycles. The van der Waals surface area contributed by atoms with Gasteiger partial charge in [0.15, 0.2) is 0 Å². The molecule has 0 radical (unpaired) electrons. The summed E-state index contributed by atoms with van der Waals surface area (Å²) in [6.45, 7) is 0.313. The number of sulfonamides is 1. The van der Waals surface area contributed by atoms with Gasteiger partial charge in [-0.3, -0.25) is 0 Å². The minimum Gasteiger partial charge on any atom is -0.363 e. The molecule has 1 heterocycles. The quantitative estimate of drug-likeness (QED) is 0.768. The molecule has 2 rings (SSSR count). The van der Waals surface area contributed by atoms with Gasteiger partial charge < -0.3 is 10.7 Å². The van der Waals surface area contributed by atoms with Crippen molar-refractivity contribution in [1.29, 1.82) is 0 Å². The molecule has 1 aliphatic rings. The van der Waals surface area contributed by atoms with Gasteiger partial charge in [-0.2, -0.15) is 11.8 Å². The molecule has 1 aromatic heterocycles. The van der Waals surface area contributed by atoms with Crippen LogP contribution in [0, 0.1) is 0 Å². The molecule has 1 fully saturated rings. The second kappa shape index (κ2) is 6.30. The average molecular weight is 303 g/mol. The maximum atomic E-state index is 12.2. The molecule has 4 N–H and O–H groups in total. The lowest BCUT2D eigenvalue weighted by Gasteiger charge is -2.28. The number of rotatable bonds is 5. The Labute approximate surface area is 118 Å². The molecule has 0 aliphatic heterocycles. The number of aromatic nitrogens is 1. The van der Waals surface area contributed by atoms with E-state index in [2.05, 4.69) is 16.0 Å². The van der Waals surface area contributed by atoms with Crippen LogP contribution in [0.15, 0.2) is 17.2 Å². The number of hydrogen-bond donors (Lipinski definition) is 3. The van der Waals surface area contributed by atoms with Crippen LogP contribution in [0.25, 0.3) is 0 Å². The van der Waals surface area contributed by atoms with E-state index in [1.807, 2.05) is 11.8 Å².